The van der Waals surface area contributed by atoms with Crippen LogP contribution in [-0.4, -0.2) is 43.7 Å². The number of halogens is 1. The molecular weight excluding hydrogens is 380 g/mol. The van der Waals surface area contributed by atoms with Crippen molar-refractivity contribution in [3.8, 4) is 0 Å². The molecule has 3 atom stereocenters. The third-order valence-electron chi connectivity index (χ3n) is 4.16. The summed E-state index contributed by atoms with van der Waals surface area (Å²) in [5.74, 6) is -1.38. The van der Waals surface area contributed by atoms with Crippen LogP contribution in [0.3, 0.4) is 0 Å². The van der Waals surface area contributed by atoms with E-state index in [1.54, 1.807) is 30.3 Å². The van der Waals surface area contributed by atoms with E-state index in [9.17, 15) is 9.59 Å². The van der Waals surface area contributed by atoms with Crippen LogP contribution in [0.25, 0.3) is 0 Å². The third kappa shape index (κ3) is 3.65. The van der Waals surface area contributed by atoms with Gasteiger partial charge in [-0.05, 0) is 36.5 Å². The van der Waals surface area contributed by atoms with Gasteiger partial charge in [0.05, 0.1) is 5.69 Å². The van der Waals surface area contributed by atoms with Crippen molar-refractivity contribution in [2.45, 2.75) is 19.0 Å². The predicted octanol–water partition coefficient (Wildman–Crippen LogP) is 2.00. The van der Waals surface area contributed by atoms with Gasteiger partial charge in [0.15, 0.2) is 17.7 Å². The summed E-state index contributed by atoms with van der Waals surface area (Å²) in [6.45, 7) is 0. The highest BCUT2D eigenvalue weighted by molar-refractivity contribution is 7.80. The van der Waals surface area contributed by atoms with Gasteiger partial charge in [-0.3, -0.25) is 19.8 Å². The average Bonchev–Trinajstić information content (AvgIpc) is 3.02. The van der Waals surface area contributed by atoms with Crippen molar-refractivity contribution in [1.29, 1.82) is 0 Å². The van der Waals surface area contributed by atoms with Crippen molar-refractivity contribution in [1.82, 2.24) is 5.32 Å². The summed E-state index contributed by atoms with van der Waals surface area (Å²) in [5, 5.41) is 3.08. The maximum Gasteiger partial charge on any atom is 0.269 e. The van der Waals surface area contributed by atoms with Crippen molar-refractivity contribution < 1.29 is 23.8 Å². The van der Waals surface area contributed by atoms with Gasteiger partial charge in [0.2, 0.25) is 0 Å². The Morgan fingerprint density at radius 3 is 2.58 bits per heavy atom. The largest absolute Gasteiger partial charge is 0.356 e. The highest BCUT2D eigenvalue weighted by atomic mass is 35.5. The van der Waals surface area contributed by atoms with Crippen LogP contribution in [0.1, 0.15) is 6.42 Å². The van der Waals surface area contributed by atoms with Crippen molar-refractivity contribution in [3.63, 3.8) is 0 Å². The molecule has 0 radical (unpaired) electrons. The molecule has 9 heteroatoms. The van der Waals surface area contributed by atoms with Crippen LogP contribution in [0.5, 0.6) is 0 Å². The van der Waals surface area contributed by atoms with Crippen LogP contribution in [-0.2, 0) is 23.8 Å². The molecule has 2 amide bonds. The van der Waals surface area contributed by atoms with Crippen molar-refractivity contribution >= 4 is 46.4 Å². The van der Waals surface area contributed by atoms with E-state index in [2.05, 4.69) is 5.32 Å². The molecule has 2 aliphatic rings. The quantitative estimate of drug-likeness (QED) is 0.476. The summed E-state index contributed by atoms with van der Waals surface area (Å²) in [6, 6.07) is 6.58. The minimum absolute atomic E-state index is 0.0141. The Balaban J connectivity index is 1.91. The molecule has 1 aromatic carbocycles. The molecule has 0 saturated carbocycles. The normalized spacial score (nSPS) is 28.0. The van der Waals surface area contributed by atoms with Crippen LogP contribution in [0.4, 0.5) is 5.69 Å². The minimum Gasteiger partial charge on any atom is -0.356 e. The second-order valence-corrected chi connectivity index (χ2v) is 6.58. The molecule has 3 rings (SSSR count). The molecule has 1 aromatic rings. The molecule has 2 heterocycles. The number of nitrogens with zero attached hydrogens (tertiary/aromatic N) is 1. The molecular formula is C17H17ClN2O5S. The number of ether oxygens (including phenoxy) is 3. The Hall–Kier alpha value is -1.84. The summed E-state index contributed by atoms with van der Waals surface area (Å²) >= 11 is 11.0. The third-order valence-corrected chi connectivity index (χ3v) is 4.70. The SMILES string of the molecule is COC1CC(/C=C2\C(=O)NC(=S)N(c3ccc(Cl)cc3)C2=O)C(OC)O1. The van der Waals surface area contributed by atoms with Crippen LogP contribution < -0.4 is 10.2 Å². The first-order valence-corrected chi connectivity index (χ1v) is 8.61. The number of thiocarbonyl (C=S) groups is 1. The molecule has 2 aliphatic heterocycles. The topological polar surface area (TPSA) is 77.1 Å². The maximum absolute atomic E-state index is 12.9. The highest BCUT2D eigenvalue weighted by Gasteiger charge is 2.39. The number of methoxy groups -OCH3 is 2. The fourth-order valence-corrected chi connectivity index (χ4v) is 3.29. The van der Waals surface area contributed by atoms with Crippen molar-refractivity contribution in [2.75, 3.05) is 19.1 Å². The predicted molar refractivity (Wildman–Crippen MR) is 98.5 cm³/mol. The molecule has 3 unspecified atom stereocenters. The Morgan fingerprint density at radius 1 is 1.27 bits per heavy atom. The van der Waals surface area contributed by atoms with Gasteiger partial charge < -0.3 is 14.2 Å². The highest BCUT2D eigenvalue weighted by Crippen LogP contribution is 2.31. The molecule has 0 aliphatic carbocycles. The van der Waals surface area contributed by atoms with E-state index in [-0.39, 0.29) is 16.6 Å². The minimum atomic E-state index is -0.606. The van der Waals surface area contributed by atoms with E-state index >= 15 is 0 Å². The summed E-state index contributed by atoms with van der Waals surface area (Å²) in [7, 11) is 3.01. The number of amides is 2. The van der Waals surface area contributed by atoms with E-state index in [1.807, 2.05) is 0 Å². The van der Waals surface area contributed by atoms with Gasteiger partial charge in [0, 0.05) is 31.6 Å². The molecule has 2 fully saturated rings. The first kappa shape index (κ1) is 18.9. The summed E-state index contributed by atoms with van der Waals surface area (Å²) in [4.78, 5) is 26.5. The Labute approximate surface area is 160 Å². The Bertz CT molecular complexity index is 767. The zero-order valence-corrected chi connectivity index (χ0v) is 15.7. The lowest BCUT2D eigenvalue weighted by Gasteiger charge is -2.29. The Kier molecular flexibility index (Phi) is 5.69. The summed E-state index contributed by atoms with van der Waals surface area (Å²) in [5.41, 5.74) is 0.483. The smallest absolute Gasteiger partial charge is 0.269 e. The van der Waals surface area contributed by atoms with Gasteiger partial charge in [-0.1, -0.05) is 17.7 Å². The van der Waals surface area contributed by atoms with Gasteiger partial charge in [0.25, 0.3) is 11.8 Å². The molecule has 0 spiro atoms. The van der Waals surface area contributed by atoms with Gasteiger partial charge in [-0.25, -0.2) is 0 Å². The first-order chi connectivity index (χ1) is 12.4. The van der Waals surface area contributed by atoms with Gasteiger partial charge >= 0.3 is 0 Å². The second kappa shape index (κ2) is 7.81. The average molecular weight is 397 g/mol. The lowest BCUT2D eigenvalue weighted by molar-refractivity contribution is -0.190. The van der Waals surface area contributed by atoms with Crippen LogP contribution in [0.15, 0.2) is 35.9 Å². The lowest BCUT2D eigenvalue weighted by Crippen LogP contribution is -2.54. The number of rotatable bonds is 4. The number of hydrogen-bond donors (Lipinski definition) is 1. The summed E-state index contributed by atoms with van der Waals surface area (Å²) in [6.07, 6.45) is 0.947. The number of hydrogen-bond acceptors (Lipinski definition) is 6. The molecule has 7 nitrogen and oxygen atoms in total. The summed E-state index contributed by atoms with van der Waals surface area (Å²) < 4.78 is 16.0. The monoisotopic (exact) mass is 396 g/mol. The van der Waals surface area contributed by atoms with E-state index in [1.165, 1.54) is 19.1 Å². The van der Waals surface area contributed by atoms with Crippen LogP contribution >= 0.6 is 23.8 Å². The van der Waals surface area contributed by atoms with E-state index in [0.717, 1.165) is 0 Å². The number of anilines is 1. The van der Waals surface area contributed by atoms with E-state index in [4.69, 9.17) is 38.0 Å². The van der Waals surface area contributed by atoms with Crippen LogP contribution in [0.2, 0.25) is 5.02 Å². The number of benzene rings is 1. The molecule has 2 saturated heterocycles. The zero-order chi connectivity index (χ0) is 18.8. The zero-order valence-electron chi connectivity index (χ0n) is 14.1. The molecule has 0 bridgehead atoms. The fraction of sp³-hybridized carbons (Fsp3) is 0.353. The van der Waals surface area contributed by atoms with Gasteiger partial charge in [0.1, 0.15) is 5.57 Å². The van der Waals surface area contributed by atoms with Gasteiger partial charge in [-0.15, -0.1) is 0 Å². The Morgan fingerprint density at radius 2 is 1.96 bits per heavy atom. The number of carbonyl (C=O) groups excluding carboxylic acids is 2. The molecule has 1 N–H and O–H groups in total. The number of carbonyl (C=O) groups is 2. The van der Waals surface area contributed by atoms with E-state index < -0.39 is 24.4 Å². The molecule has 0 aromatic heterocycles. The van der Waals surface area contributed by atoms with Gasteiger partial charge in [-0.2, -0.15) is 0 Å². The fourth-order valence-electron chi connectivity index (χ4n) is 2.88. The number of nitrogens with one attached hydrogen (secondary N) is 1. The first-order valence-electron chi connectivity index (χ1n) is 7.82. The lowest BCUT2D eigenvalue weighted by atomic mass is 10.0. The standard InChI is InChI=1S/C17H17ClN2O5S/c1-23-13-8-9(16(24-2)25-13)7-12-14(21)19-17(26)20(15(12)22)11-5-3-10(18)4-6-11/h3-7,9,13,16H,8H2,1-2H3,(H,19,21,26)/b12-7+. The van der Waals surface area contributed by atoms with Crippen molar-refractivity contribution in [2.24, 2.45) is 5.92 Å². The molecule has 138 valence electrons. The second-order valence-electron chi connectivity index (χ2n) is 5.76. The molecule has 26 heavy (non-hydrogen) atoms. The van der Waals surface area contributed by atoms with Crippen molar-refractivity contribution in [3.05, 3.63) is 40.9 Å². The van der Waals surface area contributed by atoms with E-state index in [0.29, 0.717) is 17.1 Å². The maximum atomic E-state index is 12.9. The van der Waals surface area contributed by atoms with Crippen LogP contribution in [0, 0.1) is 5.92 Å².